The number of nitrogens with one attached hydrogen (secondary N) is 2. The summed E-state index contributed by atoms with van der Waals surface area (Å²) in [5.41, 5.74) is 0.195. The number of hydrogen-bond acceptors (Lipinski definition) is 3. The Hall–Kier alpha value is -0.120. The van der Waals surface area contributed by atoms with Crippen molar-refractivity contribution in [3.05, 3.63) is 0 Å². The van der Waals surface area contributed by atoms with E-state index in [2.05, 4.69) is 31.4 Å². The highest BCUT2D eigenvalue weighted by molar-refractivity contribution is 4.70. The number of aliphatic hydroxyl groups is 1. The van der Waals surface area contributed by atoms with Crippen LogP contribution in [0.4, 0.5) is 0 Å². The number of aliphatic hydroxyl groups excluding tert-OH is 1. The Labute approximate surface area is 69.2 Å². The molecule has 0 saturated heterocycles. The van der Waals surface area contributed by atoms with Crippen molar-refractivity contribution in [3.63, 3.8) is 0 Å². The zero-order chi connectivity index (χ0) is 8.74. The number of hydrogen-bond donors (Lipinski definition) is 3. The van der Waals surface area contributed by atoms with E-state index in [1.165, 1.54) is 0 Å². The lowest BCUT2D eigenvalue weighted by Crippen LogP contribution is -2.40. The highest BCUT2D eigenvalue weighted by Gasteiger charge is 2.06. The van der Waals surface area contributed by atoms with Crippen LogP contribution < -0.4 is 10.6 Å². The first-order valence-electron chi connectivity index (χ1n) is 4.13. The second kappa shape index (κ2) is 5.52. The summed E-state index contributed by atoms with van der Waals surface area (Å²) in [6, 6.07) is 0. The second-order valence-electron chi connectivity index (χ2n) is 3.65. The van der Waals surface area contributed by atoms with Gasteiger partial charge in [-0.05, 0) is 20.8 Å². The van der Waals surface area contributed by atoms with E-state index in [0.717, 1.165) is 13.1 Å². The fourth-order valence-corrected chi connectivity index (χ4v) is 0.730. The van der Waals surface area contributed by atoms with Crippen molar-refractivity contribution in [3.8, 4) is 0 Å². The SMILES string of the molecule is CC(C)(C)NCCNCCO. The van der Waals surface area contributed by atoms with E-state index in [-0.39, 0.29) is 12.1 Å². The summed E-state index contributed by atoms with van der Waals surface area (Å²) in [6.07, 6.45) is 0. The molecule has 0 aromatic heterocycles. The van der Waals surface area contributed by atoms with Crippen LogP contribution in [0.3, 0.4) is 0 Å². The molecule has 0 unspecified atom stereocenters. The Morgan fingerprint density at radius 1 is 1.09 bits per heavy atom. The third-order valence-corrected chi connectivity index (χ3v) is 1.25. The largest absolute Gasteiger partial charge is 0.395 e. The first-order chi connectivity index (χ1) is 5.06. The third-order valence-electron chi connectivity index (χ3n) is 1.25. The van der Waals surface area contributed by atoms with Gasteiger partial charge in [-0.15, -0.1) is 0 Å². The lowest BCUT2D eigenvalue weighted by molar-refractivity contribution is 0.291. The van der Waals surface area contributed by atoms with Gasteiger partial charge in [0.2, 0.25) is 0 Å². The average molecular weight is 160 g/mol. The molecule has 0 atom stereocenters. The normalized spacial score (nSPS) is 12.0. The molecular weight excluding hydrogens is 140 g/mol. The predicted molar refractivity (Wildman–Crippen MR) is 47.7 cm³/mol. The summed E-state index contributed by atoms with van der Waals surface area (Å²) < 4.78 is 0. The molecule has 0 radical (unpaired) electrons. The van der Waals surface area contributed by atoms with Gasteiger partial charge in [0.05, 0.1) is 6.61 Å². The first kappa shape index (κ1) is 10.9. The lowest BCUT2D eigenvalue weighted by atomic mass is 10.1. The second-order valence-corrected chi connectivity index (χ2v) is 3.65. The molecule has 0 aliphatic rings. The van der Waals surface area contributed by atoms with Gasteiger partial charge in [-0.2, -0.15) is 0 Å². The lowest BCUT2D eigenvalue weighted by Gasteiger charge is -2.20. The highest BCUT2D eigenvalue weighted by Crippen LogP contribution is 1.95. The van der Waals surface area contributed by atoms with Crippen LogP contribution in [0.15, 0.2) is 0 Å². The monoisotopic (exact) mass is 160 g/mol. The van der Waals surface area contributed by atoms with E-state index in [4.69, 9.17) is 5.11 Å². The summed E-state index contributed by atoms with van der Waals surface area (Å²) >= 11 is 0. The highest BCUT2D eigenvalue weighted by atomic mass is 16.3. The van der Waals surface area contributed by atoms with Crippen molar-refractivity contribution >= 4 is 0 Å². The maximum Gasteiger partial charge on any atom is 0.0555 e. The Morgan fingerprint density at radius 2 is 1.73 bits per heavy atom. The summed E-state index contributed by atoms with van der Waals surface area (Å²) in [4.78, 5) is 0. The molecule has 0 spiro atoms. The number of rotatable bonds is 5. The van der Waals surface area contributed by atoms with Gasteiger partial charge in [0.1, 0.15) is 0 Å². The molecule has 3 nitrogen and oxygen atoms in total. The van der Waals surface area contributed by atoms with E-state index in [1.807, 2.05) is 0 Å². The molecule has 0 amide bonds. The van der Waals surface area contributed by atoms with Crippen LogP contribution in [-0.4, -0.2) is 36.9 Å². The Balaban J connectivity index is 3.02. The van der Waals surface area contributed by atoms with Gasteiger partial charge in [0, 0.05) is 25.2 Å². The molecule has 3 heteroatoms. The van der Waals surface area contributed by atoms with Crippen LogP contribution >= 0.6 is 0 Å². The molecule has 0 heterocycles. The molecule has 0 aliphatic carbocycles. The fraction of sp³-hybridized carbons (Fsp3) is 1.00. The Morgan fingerprint density at radius 3 is 2.18 bits per heavy atom. The molecule has 0 saturated carbocycles. The molecule has 0 bridgehead atoms. The standard InChI is InChI=1S/C8H20N2O/c1-8(2,3)10-5-4-9-6-7-11/h9-11H,4-7H2,1-3H3. The Kier molecular flexibility index (Phi) is 5.46. The van der Waals surface area contributed by atoms with Crippen LogP contribution in [-0.2, 0) is 0 Å². The van der Waals surface area contributed by atoms with Gasteiger partial charge in [-0.25, -0.2) is 0 Å². The van der Waals surface area contributed by atoms with Crippen molar-refractivity contribution in [1.29, 1.82) is 0 Å². The van der Waals surface area contributed by atoms with Crippen LogP contribution in [0.1, 0.15) is 20.8 Å². The molecule has 68 valence electrons. The van der Waals surface area contributed by atoms with Gasteiger partial charge in [0.15, 0.2) is 0 Å². The molecule has 0 rings (SSSR count). The van der Waals surface area contributed by atoms with Crippen molar-refractivity contribution in [2.45, 2.75) is 26.3 Å². The van der Waals surface area contributed by atoms with E-state index in [1.54, 1.807) is 0 Å². The van der Waals surface area contributed by atoms with Crippen LogP contribution in [0.5, 0.6) is 0 Å². The summed E-state index contributed by atoms with van der Waals surface area (Å²) in [7, 11) is 0. The van der Waals surface area contributed by atoms with Gasteiger partial charge < -0.3 is 15.7 Å². The van der Waals surface area contributed by atoms with Gasteiger partial charge >= 0.3 is 0 Å². The van der Waals surface area contributed by atoms with Crippen molar-refractivity contribution in [2.75, 3.05) is 26.2 Å². The van der Waals surface area contributed by atoms with Crippen molar-refractivity contribution in [2.24, 2.45) is 0 Å². The van der Waals surface area contributed by atoms with Crippen LogP contribution in [0, 0.1) is 0 Å². The minimum absolute atomic E-state index is 0.195. The molecule has 0 aliphatic heterocycles. The van der Waals surface area contributed by atoms with E-state index >= 15 is 0 Å². The molecule has 0 fully saturated rings. The predicted octanol–water partition coefficient (Wildman–Crippen LogP) is -0.0436. The summed E-state index contributed by atoms with van der Waals surface area (Å²) in [6.45, 7) is 9.18. The molecule has 0 aromatic rings. The fourth-order valence-electron chi connectivity index (χ4n) is 0.730. The molecule has 11 heavy (non-hydrogen) atoms. The van der Waals surface area contributed by atoms with Gasteiger partial charge in [-0.3, -0.25) is 0 Å². The minimum atomic E-state index is 0.195. The maximum absolute atomic E-state index is 8.44. The molecular formula is C8H20N2O. The van der Waals surface area contributed by atoms with Crippen molar-refractivity contribution < 1.29 is 5.11 Å². The quantitative estimate of drug-likeness (QED) is 0.494. The van der Waals surface area contributed by atoms with Crippen molar-refractivity contribution in [1.82, 2.24) is 10.6 Å². The zero-order valence-corrected chi connectivity index (χ0v) is 7.78. The smallest absolute Gasteiger partial charge is 0.0555 e. The van der Waals surface area contributed by atoms with E-state index < -0.39 is 0 Å². The maximum atomic E-state index is 8.44. The Bertz CT molecular complexity index is 88.6. The van der Waals surface area contributed by atoms with Crippen LogP contribution in [0.25, 0.3) is 0 Å². The average Bonchev–Trinajstić information content (AvgIpc) is 1.85. The molecule has 3 N–H and O–H groups in total. The van der Waals surface area contributed by atoms with Gasteiger partial charge in [-0.1, -0.05) is 0 Å². The van der Waals surface area contributed by atoms with E-state index in [0.29, 0.717) is 6.54 Å². The summed E-state index contributed by atoms with van der Waals surface area (Å²) in [5, 5.41) is 14.9. The summed E-state index contributed by atoms with van der Waals surface area (Å²) in [5.74, 6) is 0. The van der Waals surface area contributed by atoms with Crippen LogP contribution in [0.2, 0.25) is 0 Å². The zero-order valence-electron chi connectivity index (χ0n) is 7.78. The third kappa shape index (κ3) is 9.88. The van der Waals surface area contributed by atoms with Gasteiger partial charge in [0.25, 0.3) is 0 Å². The molecule has 0 aromatic carbocycles. The minimum Gasteiger partial charge on any atom is -0.395 e. The topological polar surface area (TPSA) is 44.3 Å². The van der Waals surface area contributed by atoms with E-state index in [9.17, 15) is 0 Å². The first-order valence-corrected chi connectivity index (χ1v) is 4.13.